The minimum Gasteiger partial charge on any atom is -0.352 e. The Morgan fingerprint density at radius 2 is 1.56 bits per heavy atom. The van der Waals surface area contributed by atoms with Crippen molar-refractivity contribution < 1.29 is 9.59 Å². The van der Waals surface area contributed by atoms with Gasteiger partial charge in [-0.25, -0.2) is 0 Å². The number of carbonyl (C=O) groups excluding carboxylic acids is 2. The van der Waals surface area contributed by atoms with E-state index in [4.69, 9.17) is 0 Å². The van der Waals surface area contributed by atoms with E-state index in [9.17, 15) is 9.59 Å². The lowest BCUT2D eigenvalue weighted by atomic mass is 10.1. The maximum atomic E-state index is 12.9. The van der Waals surface area contributed by atoms with Crippen molar-refractivity contribution in [2.45, 2.75) is 44.2 Å². The van der Waals surface area contributed by atoms with Gasteiger partial charge in [-0.05, 0) is 44.9 Å². The first-order valence-corrected chi connectivity index (χ1v) is 10.3. The van der Waals surface area contributed by atoms with Gasteiger partial charge in [0.25, 0.3) is 0 Å². The van der Waals surface area contributed by atoms with Crippen LogP contribution in [0.25, 0.3) is 0 Å². The molecule has 2 aromatic rings. The van der Waals surface area contributed by atoms with E-state index >= 15 is 0 Å². The number of nitrogens with zero attached hydrogens (tertiary/aromatic N) is 1. The Kier molecular flexibility index (Phi) is 8.40. The van der Waals surface area contributed by atoms with Gasteiger partial charge < -0.3 is 10.2 Å². The molecule has 144 valence electrons. The van der Waals surface area contributed by atoms with Gasteiger partial charge in [0.05, 0.1) is 5.75 Å². The third kappa shape index (κ3) is 7.10. The van der Waals surface area contributed by atoms with E-state index in [2.05, 4.69) is 5.32 Å². The van der Waals surface area contributed by atoms with E-state index in [-0.39, 0.29) is 17.9 Å². The number of carbonyl (C=O) groups is 2. The number of rotatable bonds is 9. The fraction of sp³-hybridized carbons (Fsp3) is 0.364. The quantitative estimate of drug-likeness (QED) is 0.670. The van der Waals surface area contributed by atoms with Crippen molar-refractivity contribution >= 4 is 23.6 Å². The minimum atomic E-state index is -0.500. The van der Waals surface area contributed by atoms with E-state index in [1.54, 1.807) is 11.8 Å². The minimum absolute atomic E-state index is 0.0220. The van der Waals surface area contributed by atoms with E-state index < -0.39 is 6.04 Å². The molecule has 0 radical (unpaired) electrons. The first kappa shape index (κ1) is 21.0. The molecular weight excluding hydrogens is 356 g/mol. The Bertz CT molecular complexity index is 720. The second kappa shape index (κ2) is 10.8. The number of hydrogen-bond acceptors (Lipinski definition) is 3. The van der Waals surface area contributed by atoms with Crippen molar-refractivity contribution in [3.05, 3.63) is 66.2 Å². The zero-order chi connectivity index (χ0) is 19.6. The smallest absolute Gasteiger partial charge is 0.242 e. The highest BCUT2D eigenvalue weighted by Crippen LogP contribution is 2.18. The number of benzene rings is 2. The van der Waals surface area contributed by atoms with Crippen LogP contribution in [0.4, 0.5) is 0 Å². The Morgan fingerprint density at radius 3 is 2.15 bits per heavy atom. The Balaban J connectivity index is 2.04. The molecule has 0 spiro atoms. The molecule has 0 heterocycles. The first-order valence-electron chi connectivity index (χ1n) is 9.29. The molecule has 0 fully saturated rings. The molecule has 1 N–H and O–H groups in total. The molecule has 0 aliphatic heterocycles. The van der Waals surface area contributed by atoms with E-state index in [0.717, 1.165) is 16.9 Å². The molecule has 0 aromatic heterocycles. The Labute approximate surface area is 166 Å². The summed E-state index contributed by atoms with van der Waals surface area (Å²) in [5, 5.41) is 2.91. The van der Waals surface area contributed by atoms with Crippen LogP contribution in [0, 0.1) is 0 Å². The molecular formula is C22H28N2O2S. The van der Waals surface area contributed by atoms with Gasteiger partial charge in [-0.1, -0.05) is 48.5 Å². The number of amides is 2. The second-order valence-electron chi connectivity index (χ2n) is 6.76. The van der Waals surface area contributed by atoms with Gasteiger partial charge >= 0.3 is 0 Å². The molecule has 2 amide bonds. The highest BCUT2D eigenvalue weighted by Gasteiger charge is 2.26. The number of hydrogen-bond donors (Lipinski definition) is 1. The third-order valence-electron chi connectivity index (χ3n) is 4.19. The molecule has 0 saturated carbocycles. The van der Waals surface area contributed by atoms with Gasteiger partial charge in [-0.15, -0.1) is 11.8 Å². The van der Waals surface area contributed by atoms with Crippen LogP contribution in [-0.4, -0.2) is 41.1 Å². The predicted octanol–water partition coefficient (Wildman–Crippen LogP) is 3.76. The van der Waals surface area contributed by atoms with Crippen molar-refractivity contribution in [2.24, 2.45) is 0 Å². The molecule has 2 rings (SSSR count). The number of thioether (sulfide) groups is 1. The molecule has 0 saturated heterocycles. The lowest BCUT2D eigenvalue weighted by Gasteiger charge is -2.29. The van der Waals surface area contributed by atoms with Crippen LogP contribution >= 0.6 is 11.8 Å². The summed E-state index contributed by atoms with van der Waals surface area (Å²) in [5.74, 6) is 0.181. The monoisotopic (exact) mass is 384 g/mol. The summed E-state index contributed by atoms with van der Waals surface area (Å²) in [4.78, 5) is 28.1. The van der Waals surface area contributed by atoms with E-state index in [0.29, 0.717) is 12.3 Å². The summed E-state index contributed by atoms with van der Waals surface area (Å²) in [6.45, 7) is 6.16. The van der Waals surface area contributed by atoms with Gasteiger partial charge in [-0.3, -0.25) is 9.59 Å². The average molecular weight is 385 g/mol. The zero-order valence-corrected chi connectivity index (χ0v) is 17.0. The van der Waals surface area contributed by atoms with Crippen molar-refractivity contribution in [1.82, 2.24) is 10.2 Å². The van der Waals surface area contributed by atoms with Gasteiger partial charge in [-0.2, -0.15) is 0 Å². The Hall–Kier alpha value is -2.27. The average Bonchev–Trinajstić information content (AvgIpc) is 2.67. The van der Waals surface area contributed by atoms with Crippen LogP contribution < -0.4 is 5.32 Å². The summed E-state index contributed by atoms with van der Waals surface area (Å²) in [7, 11) is 0. The highest BCUT2D eigenvalue weighted by atomic mass is 32.2. The maximum absolute atomic E-state index is 12.9. The van der Waals surface area contributed by atoms with Crippen molar-refractivity contribution in [2.75, 3.05) is 12.3 Å². The Morgan fingerprint density at radius 1 is 0.963 bits per heavy atom. The normalized spacial score (nSPS) is 11.9. The molecule has 0 bridgehead atoms. The molecule has 0 aliphatic rings. The predicted molar refractivity (Wildman–Crippen MR) is 112 cm³/mol. The molecule has 1 atom stereocenters. The largest absolute Gasteiger partial charge is 0.352 e. The summed E-state index contributed by atoms with van der Waals surface area (Å²) in [6, 6.07) is 19.4. The highest BCUT2D eigenvalue weighted by molar-refractivity contribution is 8.00. The zero-order valence-electron chi connectivity index (χ0n) is 16.2. The van der Waals surface area contributed by atoms with Crippen LogP contribution in [0.3, 0.4) is 0 Å². The van der Waals surface area contributed by atoms with Gasteiger partial charge in [0.15, 0.2) is 0 Å². The second-order valence-corrected chi connectivity index (χ2v) is 7.81. The third-order valence-corrected chi connectivity index (χ3v) is 5.18. The summed E-state index contributed by atoms with van der Waals surface area (Å²) < 4.78 is 0. The number of nitrogens with one attached hydrogen (secondary N) is 1. The summed E-state index contributed by atoms with van der Waals surface area (Å²) in [5.41, 5.74) is 1.16. The van der Waals surface area contributed by atoms with Crippen LogP contribution in [0.1, 0.15) is 26.3 Å². The lowest BCUT2D eigenvalue weighted by molar-refractivity contribution is -0.138. The molecule has 5 heteroatoms. The molecule has 4 nitrogen and oxygen atoms in total. The van der Waals surface area contributed by atoms with Gasteiger partial charge in [0, 0.05) is 17.5 Å². The lowest BCUT2D eigenvalue weighted by Crippen LogP contribution is -2.50. The summed E-state index contributed by atoms with van der Waals surface area (Å²) in [6.07, 6.45) is 0.724. The molecule has 0 aliphatic carbocycles. The standard InChI is InChI=1S/C22H28N2O2S/c1-17(2)23-22(26)18(3)24(15-14-19-10-6-4-7-11-19)21(25)16-27-20-12-8-5-9-13-20/h4-13,17-18H,14-16H2,1-3H3,(H,23,26)/t18-/m0/s1. The van der Waals surface area contributed by atoms with Crippen molar-refractivity contribution in [3.8, 4) is 0 Å². The van der Waals surface area contributed by atoms with Crippen LogP contribution in [0.15, 0.2) is 65.6 Å². The van der Waals surface area contributed by atoms with Crippen molar-refractivity contribution in [1.29, 1.82) is 0 Å². The van der Waals surface area contributed by atoms with Gasteiger partial charge in [0.1, 0.15) is 6.04 Å². The molecule has 0 unspecified atom stereocenters. The fourth-order valence-electron chi connectivity index (χ4n) is 2.72. The topological polar surface area (TPSA) is 49.4 Å². The first-order chi connectivity index (χ1) is 13.0. The van der Waals surface area contributed by atoms with Crippen LogP contribution in [0.2, 0.25) is 0 Å². The fourth-order valence-corrected chi connectivity index (χ4v) is 3.53. The summed E-state index contributed by atoms with van der Waals surface area (Å²) >= 11 is 1.50. The molecule has 27 heavy (non-hydrogen) atoms. The van der Waals surface area contributed by atoms with Crippen LogP contribution in [0.5, 0.6) is 0 Å². The van der Waals surface area contributed by atoms with E-state index in [1.807, 2.05) is 74.5 Å². The SMILES string of the molecule is CC(C)NC(=O)[C@H](C)N(CCc1ccccc1)C(=O)CSc1ccccc1. The van der Waals surface area contributed by atoms with Crippen molar-refractivity contribution in [3.63, 3.8) is 0 Å². The van der Waals surface area contributed by atoms with Crippen LogP contribution in [-0.2, 0) is 16.0 Å². The van der Waals surface area contributed by atoms with E-state index in [1.165, 1.54) is 11.8 Å². The maximum Gasteiger partial charge on any atom is 0.242 e. The van der Waals surface area contributed by atoms with Gasteiger partial charge in [0.2, 0.25) is 11.8 Å². The molecule has 2 aromatic carbocycles.